The molecule has 0 aliphatic heterocycles. The molecule has 0 bridgehead atoms. The molecule has 302 valence electrons. The summed E-state index contributed by atoms with van der Waals surface area (Å²) in [5.41, 5.74) is 2.24. The van der Waals surface area contributed by atoms with Crippen LogP contribution in [0.15, 0.2) is 47.2 Å². The average Bonchev–Trinajstić information content (AvgIpc) is 3.87. The third-order valence-electron chi connectivity index (χ3n) is 10.3. The fourth-order valence-corrected chi connectivity index (χ4v) is 7.57. The van der Waals surface area contributed by atoms with Crippen LogP contribution in [0.5, 0.6) is 34.5 Å². The number of phenolic OH excluding ortho intramolecular Hbond substituents is 6. The Morgan fingerprint density at radius 2 is 0.983 bits per heavy atom. The van der Waals surface area contributed by atoms with Crippen LogP contribution >= 0.6 is 0 Å². The zero-order chi connectivity index (χ0) is 42.3. The van der Waals surface area contributed by atoms with Crippen molar-refractivity contribution in [2.24, 2.45) is 9.98 Å². The number of aryl methyl sites for hydroxylation is 2. The number of aromatic amines is 2. The number of aliphatic carboxylic acids is 2. The van der Waals surface area contributed by atoms with Crippen molar-refractivity contribution in [3.63, 3.8) is 0 Å². The van der Waals surface area contributed by atoms with Crippen LogP contribution in [0.2, 0.25) is 0 Å². The molecule has 58 heavy (non-hydrogen) atoms. The largest absolute Gasteiger partial charge is 0.507 e. The lowest BCUT2D eigenvalue weighted by molar-refractivity contribution is -0.139. The van der Waals surface area contributed by atoms with E-state index in [0.717, 1.165) is 12.4 Å². The van der Waals surface area contributed by atoms with Gasteiger partial charge in [-0.15, -0.1) is 0 Å². The van der Waals surface area contributed by atoms with Gasteiger partial charge < -0.3 is 50.8 Å². The average molecular weight is 793 g/mol. The van der Waals surface area contributed by atoms with Gasteiger partial charge in [-0.2, -0.15) is 0 Å². The molecule has 2 heterocycles. The fourth-order valence-electron chi connectivity index (χ4n) is 7.57. The van der Waals surface area contributed by atoms with Gasteiger partial charge in [0.1, 0.15) is 11.5 Å². The van der Waals surface area contributed by atoms with Gasteiger partial charge in [-0.05, 0) is 47.6 Å². The molecule has 16 nitrogen and oxygen atoms in total. The van der Waals surface area contributed by atoms with E-state index in [2.05, 4.69) is 29.9 Å². The standard InChI is InChI=1S/C42H44N6O10/c1-17(2)29-23-7-19(5)31(37(51)33(23)25(35(49)39(29)53)13-45-27(41(55)56)9-21-11-43-15-47-21)32-20(6)8-24-30(18(3)4)40(54)36(50)26(34(24)38(32)52)14-46-28(42(57)58)10-22-12-44-16-48-22/h7-8,11-18,27-28,49-54H,9-10H2,1-6H3,(H,43,47)(H,44,48)(H,55,56)(H,57,58)/t27-,28-/m0/s1. The normalized spacial score (nSPS) is 13.2. The van der Waals surface area contributed by atoms with Gasteiger partial charge in [-0.3, -0.25) is 9.98 Å². The lowest BCUT2D eigenvalue weighted by Gasteiger charge is -2.23. The summed E-state index contributed by atoms with van der Waals surface area (Å²) in [6.45, 7) is 10.5. The Morgan fingerprint density at radius 1 is 0.621 bits per heavy atom. The van der Waals surface area contributed by atoms with Crippen molar-refractivity contribution in [3.8, 4) is 45.6 Å². The highest BCUT2D eigenvalue weighted by molar-refractivity contribution is 6.15. The van der Waals surface area contributed by atoms with E-state index in [4.69, 9.17) is 0 Å². The molecule has 6 aromatic rings. The van der Waals surface area contributed by atoms with Crippen molar-refractivity contribution in [3.05, 3.63) is 81.9 Å². The highest BCUT2D eigenvalue weighted by atomic mass is 16.4. The molecule has 0 saturated heterocycles. The second-order valence-electron chi connectivity index (χ2n) is 14.9. The lowest BCUT2D eigenvalue weighted by atomic mass is 9.83. The first kappa shape index (κ1) is 40.6. The minimum absolute atomic E-state index is 0.00856. The van der Waals surface area contributed by atoms with Crippen molar-refractivity contribution >= 4 is 45.9 Å². The number of phenols is 6. The summed E-state index contributed by atoms with van der Waals surface area (Å²) in [6, 6.07) is 0.643. The van der Waals surface area contributed by atoms with E-state index < -0.39 is 58.5 Å². The Labute approximate surface area is 331 Å². The number of aliphatic imine (C=N–C) groups is 2. The zero-order valence-corrected chi connectivity index (χ0v) is 32.5. The quantitative estimate of drug-likeness (QED) is 0.0447. The minimum atomic E-state index is -1.35. The molecule has 0 unspecified atom stereocenters. The molecule has 0 radical (unpaired) electrons. The molecule has 16 heteroatoms. The van der Waals surface area contributed by atoms with Crippen LogP contribution in [0.4, 0.5) is 0 Å². The summed E-state index contributed by atoms with van der Waals surface area (Å²) in [7, 11) is 0. The van der Waals surface area contributed by atoms with Crippen LogP contribution in [0.1, 0.15) is 84.3 Å². The van der Waals surface area contributed by atoms with Gasteiger partial charge in [-0.25, -0.2) is 19.6 Å². The Bertz CT molecular complexity index is 2450. The molecule has 0 fully saturated rings. The van der Waals surface area contributed by atoms with Gasteiger partial charge in [0, 0.05) is 93.2 Å². The first-order valence-electron chi connectivity index (χ1n) is 18.4. The second-order valence-corrected chi connectivity index (χ2v) is 14.9. The molecule has 2 atom stereocenters. The van der Waals surface area contributed by atoms with E-state index in [1.807, 2.05) is 0 Å². The van der Waals surface area contributed by atoms with Crippen molar-refractivity contribution in [1.29, 1.82) is 0 Å². The molecule has 4 aromatic carbocycles. The number of hydrogen-bond donors (Lipinski definition) is 10. The molecule has 0 aliphatic carbocycles. The van der Waals surface area contributed by atoms with E-state index in [-0.39, 0.29) is 57.7 Å². The molecular formula is C42H44N6O10. The highest BCUT2D eigenvalue weighted by Gasteiger charge is 2.30. The second kappa shape index (κ2) is 15.8. The summed E-state index contributed by atoms with van der Waals surface area (Å²) in [6.07, 6.45) is 7.69. The first-order chi connectivity index (χ1) is 27.4. The summed E-state index contributed by atoms with van der Waals surface area (Å²) >= 11 is 0. The summed E-state index contributed by atoms with van der Waals surface area (Å²) in [5.74, 6) is -6.46. The number of rotatable bonds is 13. The number of aromatic hydroxyl groups is 6. The molecule has 6 rings (SSSR count). The number of benzene rings is 4. The van der Waals surface area contributed by atoms with Crippen LogP contribution in [0.3, 0.4) is 0 Å². The summed E-state index contributed by atoms with van der Waals surface area (Å²) in [5, 5.41) is 90.9. The predicted octanol–water partition coefficient (Wildman–Crippen LogP) is 6.43. The molecule has 0 amide bonds. The van der Waals surface area contributed by atoms with E-state index in [1.165, 1.54) is 25.0 Å². The van der Waals surface area contributed by atoms with Gasteiger partial charge >= 0.3 is 11.9 Å². The van der Waals surface area contributed by atoms with Crippen LogP contribution < -0.4 is 0 Å². The molecule has 0 aliphatic rings. The van der Waals surface area contributed by atoms with Gasteiger partial charge in [0.25, 0.3) is 0 Å². The van der Waals surface area contributed by atoms with Gasteiger partial charge in [-0.1, -0.05) is 39.8 Å². The number of nitrogens with zero attached hydrogens (tertiary/aromatic N) is 4. The number of nitrogens with one attached hydrogen (secondary N) is 2. The number of hydrogen-bond acceptors (Lipinski definition) is 12. The Kier molecular flexibility index (Phi) is 11.0. The van der Waals surface area contributed by atoms with Crippen molar-refractivity contribution in [2.45, 2.75) is 78.3 Å². The monoisotopic (exact) mass is 792 g/mol. The van der Waals surface area contributed by atoms with Crippen LogP contribution in [0.25, 0.3) is 32.7 Å². The van der Waals surface area contributed by atoms with Crippen LogP contribution in [-0.2, 0) is 22.4 Å². The number of H-pyrrole nitrogens is 2. The maximum atomic E-state index is 12.4. The van der Waals surface area contributed by atoms with Crippen molar-refractivity contribution in [1.82, 2.24) is 19.9 Å². The zero-order valence-electron chi connectivity index (χ0n) is 32.5. The van der Waals surface area contributed by atoms with Crippen molar-refractivity contribution < 1.29 is 50.4 Å². The Hall–Kier alpha value is -7.10. The summed E-state index contributed by atoms with van der Waals surface area (Å²) in [4.78, 5) is 46.5. The first-order valence-corrected chi connectivity index (χ1v) is 18.4. The van der Waals surface area contributed by atoms with Gasteiger partial charge in [0.15, 0.2) is 35.1 Å². The Balaban J connectivity index is 1.66. The highest BCUT2D eigenvalue weighted by Crippen LogP contribution is 2.54. The molecule has 2 aromatic heterocycles. The topological polar surface area (TPSA) is 278 Å². The smallest absolute Gasteiger partial charge is 0.328 e. The van der Waals surface area contributed by atoms with Gasteiger partial charge in [0.2, 0.25) is 0 Å². The van der Waals surface area contributed by atoms with Crippen molar-refractivity contribution in [2.75, 3.05) is 0 Å². The third-order valence-corrected chi connectivity index (χ3v) is 10.3. The van der Waals surface area contributed by atoms with E-state index in [9.17, 15) is 50.4 Å². The van der Waals surface area contributed by atoms with Crippen LogP contribution in [-0.4, -0.2) is 97.2 Å². The number of carbonyl (C=O) groups is 2. The number of imidazole rings is 2. The number of carboxylic acid groups (broad SMARTS) is 2. The molecule has 0 spiro atoms. The number of fused-ring (bicyclic) bond motifs is 2. The van der Waals surface area contributed by atoms with E-state index in [1.54, 1.807) is 53.7 Å². The minimum Gasteiger partial charge on any atom is -0.507 e. The van der Waals surface area contributed by atoms with E-state index in [0.29, 0.717) is 44.4 Å². The maximum absolute atomic E-state index is 12.4. The number of aromatic nitrogens is 4. The predicted molar refractivity (Wildman–Crippen MR) is 217 cm³/mol. The molecular weight excluding hydrogens is 748 g/mol. The fraction of sp³-hybridized carbons (Fsp3) is 0.286. The summed E-state index contributed by atoms with van der Waals surface area (Å²) < 4.78 is 0. The molecule has 0 saturated carbocycles. The lowest BCUT2D eigenvalue weighted by Crippen LogP contribution is -2.21. The third kappa shape index (κ3) is 7.19. The Morgan fingerprint density at radius 3 is 1.28 bits per heavy atom. The number of carboxylic acids is 2. The SMILES string of the molecule is Cc1cc2c(C(C)C)c(O)c(O)c(C=N[C@@H](Cc3cnc[nH]3)C(=O)O)c2c(O)c1-c1c(C)cc2c(C(C)C)c(O)c(O)c(C=N[C@@H](Cc3cnc[nH]3)C(=O)O)c2c1O. The van der Waals surface area contributed by atoms with E-state index >= 15 is 0 Å². The van der Waals surface area contributed by atoms with Crippen LogP contribution in [0, 0.1) is 13.8 Å². The molecule has 10 N–H and O–H groups in total. The maximum Gasteiger partial charge on any atom is 0.328 e. The van der Waals surface area contributed by atoms with Gasteiger partial charge in [0.05, 0.1) is 12.7 Å².